The number of aryl methyl sites for hydroxylation is 1. The molecule has 19 heavy (non-hydrogen) atoms. The summed E-state index contributed by atoms with van der Waals surface area (Å²) in [6, 6.07) is 14.0. The molecular formula is C16H16Cl2O. The average Bonchev–Trinajstić information content (AvgIpc) is 2.46. The number of hydrogen-bond donors (Lipinski definition) is 0. The second kappa shape index (κ2) is 6.83. The van der Waals surface area contributed by atoms with Crippen LogP contribution in [0.2, 0.25) is 5.02 Å². The van der Waals surface area contributed by atoms with Crippen molar-refractivity contribution in [2.24, 2.45) is 0 Å². The second-order valence-electron chi connectivity index (χ2n) is 4.34. The van der Waals surface area contributed by atoms with E-state index in [0.717, 1.165) is 23.3 Å². The molecule has 0 aliphatic carbocycles. The molecule has 0 saturated heterocycles. The summed E-state index contributed by atoms with van der Waals surface area (Å²) in [6.45, 7) is 2.68. The second-order valence-corrected chi connectivity index (χ2v) is 5.05. The highest BCUT2D eigenvalue weighted by Gasteiger charge is 2.04. The molecule has 0 heterocycles. The first-order chi connectivity index (χ1) is 9.22. The van der Waals surface area contributed by atoms with Crippen molar-refractivity contribution in [1.82, 2.24) is 0 Å². The molecule has 3 heteroatoms. The quantitative estimate of drug-likeness (QED) is 0.687. The predicted molar refractivity (Wildman–Crippen MR) is 81.2 cm³/mol. The van der Waals surface area contributed by atoms with Crippen LogP contribution in [0.4, 0.5) is 0 Å². The van der Waals surface area contributed by atoms with Crippen LogP contribution in [0.1, 0.15) is 23.6 Å². The van der Waals surface area contributed by atoms with Gasteiger partial charge in [-0.25, -0.2) is 0 Å². The zero-order valence-corrected chi connectivity index (χ0v) is 12.3. The molecule has 2 aromatic carbocycles. The highest BCUT2D eigenvalue weighted by Crippen LogP contribution is 2.25. The van der Waals surface area contributed by atoms with Crippen LogP contribution in [-0.4, -0.2) is 0 Å². The minimum atomic E-state index is 0.394. The van der Waals surface area contributed by atoms with Gasteiger partial charge in [-0.05, 0) is 35.7 Å². The van der Waals surface area contributed by atoms with Gasteiger partial charge in [-0.15, -0.1) is 11.6 Å². The predicted octanol–water partition coefficient (Wildman–Crippen LogP) is 5.22. The van der Waals surface area contributed by atoms with Crippen molar-refractivity contribution in [1.29, 1.82) is 0 Å². The third kappa shape index (κ3) is 3.89. The SMILES string of the molecule is CCc1ccc(COc2ccc(Cl)cc2CCl)cc1. The third-order valence-corrected chi connectivity index (χ3v) is 3.52. The average molecular weight is 295 g/mol. The van der Waals surface area contributed by atoms with Crippen LogP contribution in [0.15, 0.2) is 42.5 Å². The van der Waals surface area contributed by atoms with Crippen LogP contribution < -0.4 is 4.74 Å². The summed E-state index contributed by atoms with van der Waals surface area (Å²) >= 11 is 11.8. The summed E-state index contributed by atoms with van der Waals surface area (Å²) in [4.78, 5) is 0. The summed E-state index contributed by atoms with van der Waals surface area (Å²) in [5.74, 6) is 1.18. The molecule has 0 aliphatic heterocycles. The van der Waals surface area contributed by atoms with Crippen LogP contribution >= 0.6 is 23.2 Å². The molecule has 2 rings (SSSR count). The van der Waals surface area contributed by atoms with Gasteiger partial charge in [0, 0.05) is 10.6 Å². The summed E-state index contributed by atoms with van der Waals surface area (Å²) in [6.07, 6.45) is 1.05. The molecule has 0 N–H and O–H groups in total. The zero-order chi connectivity index (χ0) is 13.7. The molecule has 0 amide bonds. The van der Waals surface area contributed by atoms with E-state index < -0.39 is 0 Å². The first kappa shape index (κ1) is 14.2. The van der Waals surface area contributed by atoms with E-state index in [9.17, 15) is 0 Å². The molecule has 2 aromatic rings. The highest BCUT2D eigenvalue weighted by atomic mass is 35.5. The van der Waals surface area contributed by atoms with Crippen LogP contribution in [-0.2, 0) is 18.9 Å². The van der Waals surface area contributed by atoms with E-state index in [4.69, 9.17) is 27.9 Å². The summed E-state index contributed by atoms with van der Waals surface area (Å²) in [5, 5.41) is 0.676. The van der Waals surface area contributed by atoms with Gasteiger partial charge in [0.2, 0.25) is 0 Å². The van der Waals surface area contributed by atoms with E-state index in [1.165, 1.54) is 5.56 Å². The molecule has 1 nitrogen and oxygen atoms in total. The van der Waals surface area contributed by atoms with Crippen molar-refractivity contribution in [3.63, 3.8) is 0 Å². The normalized spacial score (nSPS) is 10.5. The van der Waals surface area contributed by atoms with Crippen LogP contribution in [0, 0.1) is 0 Å². The Labute approximate surface area is 124 Å². The zero-order valence-electron chi connectivity index (χ0n) is 10.8. The van der Waals surface area contributed by atoms with Gasteiger partial charge in [0.25, 0.3) is 0 Å². The largest absolute Gasteiger partial charge is 0.489 e. The van der Waals surface area contributed by atoms with E-state index in [-0.39, 0.29) is 0 Å². The maximum Gasteiger partial charge on any atom is 0.124 e. The van der Waals surface area contributed by atoms with Crippen molar-refractivity contribution >= 4 is 23.2 Å². The first-order valence-corrected chi connectivity index (χ1v) is 7.19. The smallest absolute Gasteiger partial charge is 0.124 e. The molecule has 0 radical (unpaired) electrons. The van der Waals surface area contributed by atoms with E-state index in [1.54, 1.807) is 0 Å². The van der Waals surface area contributed by atoms with E-state index in [2.05, 4.69) is 31.2 Å². The number of ether oxygens (including phenoxy) is 1. The van der Waals surface area contributed by atoms with Crippen LogP contribution in [0.3, 0.4) is 0 Å². The Kier molecular flexibility index (Phi) is 5.12. The maximum atomic E-state index is 5.93. The Morgan fingerprint density at radius 3 is 2.32 bits per heavy atom. The van der Waals surface area contributed by atoms with Gasteiger partial charge < -0.3 is 4.74 Å². The minimum absolute atomic E-state index is 0.394. The first-order valence-electron chi connectivity index (χ1n) is 6.28. The fourth-order valence-electron chi connectivity index (χ4n) is 1.83. The van der Waals surface area contributed by atoms with Gasteiger partial charge in [0.15, 0.2) is 0 Å². The summed E-state index contributed by atoms with van der Waals surface area (Å²) in [5.41, 5.74) is 3.39. The van der Waals surface area contributed by atoms with Crippen molar-refractivity contribution < 1.29 is 4.74 Å². The fourth-order valence-corrected chi connectivity index (χ4v) is 2.23. The summed E-state index contributed by atoms with van der Waals surface area (Å²) < 4.78 is 5.80. The molecule has 0 aliphatic rings. The Morgan fingerprint density at radius 2 is 1.68 bits per heavy atom. The Balaban J connectivity index is 2.05. The lowest BCUT2D eigenvalue weighted by Gasteiger charge is -2.10. The monoisotopic (exact) mass is 294 g/mol. The minimum Gasteiger partial charge on any atom is -0.489 e. The Bertz CT molecular complexity index is 535. The van der Waals surface area contributed by atoms with Gasteiger partial charge in [-0.2, -0.15) is 0 Å². The lowest BCUT2D eigenvalue weighted by atomic mass is 10.1. The number of hydrogen-bond acceptors (Lipinski definition) is 1. The van der Waals surface area contributed by atoms with Crippen LogP contribution in [0.25, 0.3) is 0 Å². The molecule has 0 saturated carbocycles. The van der Waals surface area contributed by atoms with E-state index in [0.29, 0.717) is 17.5 Å². The molecule has 100 valence electrons. The topological polar surface area (TPSA) is 9.23 Å². The number of rotatable bonds is 5. The van der Waals surface area contributed by atoms with E-state index in [1.807, 2.05) is 18.2 Å². The Morgan fingerprint density at radius 1 is 1.00 bits per heavy atom. The molecule has 0 atom stereocenters. The van der Waals surface area contributed by atoms with Crippen molar-refractivity contribution in [3.05, 3.63) is 64.2 Å². The lowest BCUT2D eigenvalue weighted by Crippen LogP contribution is -1.98. The molecule has 0 fully saturated rings. The summed E-state index contributed by atoms with van der Waals surface area (Å²) in [7, 11) is 0. The van der Waals surface area contributed by atoms with Gasteiger partial charge in [0.05, 0.1) is 5.88 Å². The van der Waals surface area contributed by atoms with Crippen molar-refractivity contribution in [3.8, 4) is 5.75 Å². The molecule has 0 spiro atoms. The molecule has 0 aromatic heterocycles. The molecular weight excluding hydrogens is 279 g/mol. The van der Waals surface area contributed by atoms with Crippen molar-refractivity contribution in [2.75, 3.05) is 0 Å². The lowest BCUT2D eigenvalue weighted by molar-refractivity contribution is 0.304. The van der Waals surface area contributed by atoms with Crippen LogP contribution in [0.5, 0.6) is 5.75 Å². The Hall–Kier alpha value is -1.18. The van der Waals surface area contributed by atoms with E-state index >= 15 is 0 Å². The standard InChI is InChI=1S/C16H16Cl2O/c1-2-12-3-5-13(6-4-12)11-19-16-8-7-15(18)9-14(16)10-17/h3-9H,2,10-11H2,1H3. The number of alkyl halides is 1. The fraction of sp³-hybridized carbons (Fsp3) is 0.250. The molecule has 0 unspecified atom stereocenters. The number of halogens is 2. The van der Waals surface area contributed by atoms with Gasteiger partial charge >= 0.3 is 0 Å². The maximum absolute atomic E-state index is 5.93. The highest BCUT2D eigenvalue weighted by molar-refractivity contribution is 6.30. The van der Waals surface area contributed by atoms with Gasteiger partial charge in [-0.3, -0.25) is 0 Å². The third-order valence-electron chi connectivity index (χ3n) is 2.99. The van der Waals surface area contributed by atoms with Crippen molar-refractivity contribution in [2.45, 2.75) is 25.8 Å². The van der Waals surface area contributed by atoms with Gasteiger partial charge in [-0.1, -0.05) is 42.8 Å². The number of benzene rings is 2. The van der Waals surface area contributed by atoms with Gasteiger partial charge in [0.1, 0.15) is 12.4 Å². The molecule has 0 bridgehead atoms.